The molecule has 0 saturated heterocycles. The molecule has 8 nitrogen and oxygen atoms in total. The highest BCUT2D eigenvalue weighted by Gasteiger charge is 2.16. The van der Waals surface area contributed by atoms with Gasteiger partial charge in [-0.15, -0.1) is 0 Å². The van der Waals surface area contributed by atoms with E-state index in [1.165, 1.54) is 11.6 Å². The van der Waals surface area contributed by atoms with Crippen molar-refractivity contribution in [3.8, 4) is 5.75 Å². The number of hydrogen-bond acceptors (Lipinski definition) is 6. The summed E-state index contributed by atoms with van der Waals surface area (Å²) in [4.78, 5) is 23.5. The van der Waals surface area contributed by atoms with Gasteiger partial charge in [0.1, 0.15) is 18.5 Å². The molecule has 9 heteroatoms. The number of aliphatic hydroxyl groups is 1. The monoisotopic (exact) mass is 464 g/mol. The van der Waals surface area contributed by atoms with Crippen LogP contribution in [0.1, 0.15) is 18.1 Å². The minimum atomic E-state index is -0.684. The third kappa shape index (κ3) is 7.94. The average Bonchev–Trinajstić information content (AvgIpc) is 2.73. The van der Waals surface area contributed by atoms with Crippen molar-refractivity contribution in [3.63, 3.8) is 0 Å². The molecular formula is C20H21BrN2O6. The quantitative estimate of drug-likeness (QED) is 0.256. The molecule has 0 fully saturated rings. The molecule has 0 aromatic heterocycles. The Labute approximate surface area is 176 Å². The normalized spacial score (nSPS) is 11.7. The van der Waals surface area contributed by atoms with E-state index >= 15 is 0 Å². The number of carbonyl (C=O) groups is 2. The number of halogens is 1. The van der Waals surface area contributed by atoms with E-state index < -0.39 is 18.1 Å². The first-order valence-electron chi connectivity index (χ1n) is 8.69. The fraction of sp³-hybridized carbons (Fsp3) is 0.200. The van der Waals surface area contributed by atoms with Crippen LogP contribution in [0.2, 0.25) is 0 Å². The third-order valence-corrected chi connectivity index (χ3v) is 4.21. The Morgan fingerprint density at radius 2 is 1.79 bits per heavy atom. The molecule has 0 unspecified atom stereocenters. The SMILES string of the molecule is O=C(/C=C/C[C@@H](OC(=O)Nc1ccc(Br)cc1)c1ccc(OCCO)cc1)NO. The molecule has 0 heterocycles. The molecule has 29 heavy (non-hydrogen) atoms. The van der Waals surface area contributed by atoms with Gasteiger partial charge in [0.25, 0.3) is 5.91 Å². The van der Waals surface area contributed by atoms with Gasteiger partial charge in [-0.05, 0) is 42.0 Å². The molecule has 2 aromatic rings. The summed E-state index contributed by atoms with van der Waals surface area (Å²) in [5, 5.41) is 20.0. The van der Waals surface area contributed by atoms with E-state index in [1.54, 1.807) is 48.5 Å². The van der Waals surface area contributed by atoms with Crippen molar-refractivity contribution >= 4 is 33.6 Å². The minimum Gasteiger partial charge on any atom is -0.491 e. The number of benzene rings is 2. The first kappa shape index (κ1) is 22.4. The number of anilines is 1. The van der Waals surface area contributed by atoms with Crippen LogP contribution in [0.3, 0.4) is 0 Å². The highest BCUT2D eigenvalue weighted by atomic mass is 79.9. The van der Waals surface area contributed by atoms with Gasteiger partial charge in [-0.3, -0.25) is 15.3 Å². The first-order chi connectivity index (χ1) is 14.0. The van der Waals surface area contributed by atoms with Gasteiger partial charge in [0.2, 0.25) is 0 Å². The summed E-state index contributed by atoms with van der Waals surface area (Å²) in [6.07, 6.45) is 1.50. The largest absolute Gasteiger partial charge is 0.491 e. The Morgan fingerprint density at radius 1 is 1.10 bits per heavy atom. The Balaban J connectivity index is 2.08. The summed E-state index contributed by atoms with van der Waals surface area (Å²) in [6, 6.07) is 13.9. The maximum atomic E-state index is 12.3. The van der Waals surface area contributed by atoms with E-state index in [0.717, 1.165) is 10.5 Å². The summed E-state index contributed by atoms with van der Waals surface area (Å²) in [5.74, 6) is -0.119. The van der Waals surface area contributed by atoms with E-state index in [9.17, 15) is 9.59 Å². The van der Waals surface area contributed by atoms with Gasteiger partial charge in [-0.1, -0.05) is 34.1 Å². The lowest BCUT2D eigenvalue weighted by Gasteiger charge is -2.18. The zero-order valence-corrected chi connectivity index (χ0v) is 17.0. The number of hydroxylamine groups is 1. The number of nitrogens with one attached hydrogen (secondary N) is 2. The van der Waals surface area contributed by atoms with Crippen LogP contribution in [0.4, 0.5) is 10.5 Å². The van der Waals surface area contributed by atoms with Crippen molar-refractivity contribution in [1.29, 1.82) is 0 Å². The minimum absolute atomic E-state index is 0.0958. The predicted octanol–water partition coefficient (Wildman–Crippen LogP) is 3.56. The van der Waals surface area contributed by atoms with E-state index in [2.05, 4.69) is 21.2 Å². The summed E-state index contributed by atoms with van der Waals surface area (Å²) in [7, 11) is 0. The maximum Gasteiger partial charge on any atom is 0.412 e. The van der Waals surface area contributed by atoms with Gasteiger partial charge < -0.3 is 14.6 Å². The summed E-state index contributed by atoms with van der Waals surface area (Å²) < 4.78 is 11.7. The van der Waals surface area contributed by atoms with Crippen molar-refractivity contribution in [2.75, 3.05) is 18.5 Å². The van der Waals surface area contributed by atoms with Crippen molar-refractivity contribution in [2.45, 2.75) is 12.5 Å². The Morgan fingerprint density at radius 3 is 2.41 bits per heavy atom. The Bertz CT molecular complexity index is 824. The van der Waals surface area contributed by atoms with Gasteiger partial charge >= 0.3 is 6.09 Å². The fourth-order valence-electron chi connectivity index (χ4n) is 2.34. The average molecular weight is 465 g/mol. The first-order valence-corrected chi connectivity index (χ1v) is 9.48. The molecule has 0 aliphatic heterocycles. The molecule has 2 rings (SSSR count). The van der Waals surface area contributed by atoms with Gasteiger partial charge in [0.05, 0.1) is 6.61 Å². The molecule has 0 bridgehead atoms. The second-order valence-electron chi connectivity index (χ2n) is 5.78. The molecular weight excluding hydrogens is 444 g/mol. The van der Waals surface area contributed by atoms with Crippen molar-refractivity contribution in [2.24, 2.45) is 0 Å². The standard InChI is InChI=1S/C20H21BrN2O6/c21-15-6-8-16(9-7-15)22-20(26)29-18(2-1-3-19(25)23-27)14-4-10-17(11-5-14)28-13-12-24/h1,3-11,18,24,27H,2,12-13H2,(H,22,26)(H,23,25)/b3-1+/t18-/m1/s1. The van der Waals surface area contributed by atoms with Crippen LogP contribution in [-0.4, -0.2) is 35.5 Å². The molecule has 0 aliphatic carbocycles. The predicted molar refractivity (Wildman–Crippen MR) is 110 cm³/mol. The van der Waals surface area contributed by atoms with Crippen LogP contribution >= 0.6 is 15.9 Å². The third-order valence-electron chi connectivity index (χ3n) is 3.68. The second kappa shape index (κ2) is 11.8. The Hall–Kier alpha value is -2.88. The molecule has 154 valence electrons. The summed E-state index contributed by atoms with van der Waals surface area (Å²) in [6.45, 7) is 0.0787. The smallest absolute Gasteiger partial charge is 0.412 e. The molecule has 2 aromatic carbocycles. The number of carbonyl (C=O) groups excluding carboxylic acids is 2. The van der Waals surface area contributed by atoms with Crippen LogP contribution in [-0.2, 0) is 9.53 Å². The zero-order chi connectivity index (χ0) is 21.1. The van der Waals surface area contributed by atoms with Gasteiger partial charge in [-0.2, -0.15) is 0 Å². The fourth-order valence-corrected chi connectivity index (χ4v) is 2.60. The summed E-state index contributed by atoms with van der Waals surface area (Å²) >= 11 is 3.32. The number of hydrogen-bond donors (Lipinski definition) is 4. The number of rotatable bonds is 9. The van der Waals surface area contributed by atoms with Crippen molar-refractivity contribution in [1.82, 2.24) is 5.48 Å². The molecule has 2 amide bonds. The van der Waals surface area contributed by atoms with E-state index in [4.69, 9.17) is 19.8 Å². The Kier molecular flexibility index (Phi) is 9.16. The molecule has 4 N–H and O–H groups in total. The molecule has 0 aliphatic rings. The van der Waals surface area contributed by atoms with Crippen LogP contribution < -0.4 is 15.5 Å². The van der Waals surface area contributed by atoms with Crippen molar-refractivity contribution in [3.05, 3.63) is 70.7 Å². The van der Waals surface area contributed by atoms with Gasteiger partial charge in [-0.25, -0.2) is 10.3 Å². The highest BCUT2D eigenvalue weighted by Crippen LogP contribution is 2.25. The highest BCUT2D eigenvalue weighted by molar-refractivity contribution is 9.10. The topological polar surface area (TPSA) is 117 Å². The van der Waals surface area contributed by atoms with Crippen LogP contribution in [0.5, 0.6) is 5.75 Å². The van der Waals surface area contributed by atoms with Crippen LogP contribution in [0.25, 0.3) is 0 Å². The lowest BCUT2D eigenvalue weighted by atomic mass is 10.1. The number of aliphatic hydroxyl groups excluding tert-OH is 1. The maximum absolute atomic E-state index is 12.3. The van der Waals surface area contributed by atoms with Crippen molar-refractivity contribution < 1.29 is 29.4 Å². The van der Waals surface area contributed by atoms with Crippen LogP contribution in [0.15, 0.2) is 65.2 Å². The zero-order valence-electron chi connectivity index (χ0n) is 15.4. The van der Waals surface area contributed by atoms with E-state index in [-0.39, 0.29) is 19.6 Å². The molecule has 0 spiro atoms. The number of amides is 2. The van der Waals surface area contributed by atoms with Gasteiger partial charge in [0.15, 0.2) is 0 Å². The lowest BCUT2D eigenvalue weighted by Crippen LogP contribution is -2.18. The summed E-state index contributed by atoms with van der Waals surface area (Å²) in [5.41, 5.74) is 2.75. The van der Waals surface area contributed by atoms with E-state index in [0.29, 0.717) is 17.0 Å². The second-order valence-corrected chi connectivity index (χ2v) is 6.70. The lowest BCUT2D eigenvalue weighted by molar-refractivity contribution is -0.124. The van der Waals surface area contributed by atoms with E-state index in [1.807, 2.05) is 0 Å². The molecule has 0 saturated carbocycles. The number of ether oxygens (including phenoxy) is 2. The van der Waals surface area contributed by atoms with Gasteiger partial charge in [0, 0.05) is 22.7 Å². The molecule has 1 atom stereocenters. The van der Waals surface area contributed by atoms with Crippen LogP contribution in [0, 0.1) is 0 Å². The molecule has 0 radical (unpaired) electrons.